The Morgan fingerprint density at radius 2 is 1.91 bits per heavy atom. The molecule has 2 aliphatic heterocycles. The lowest BCUT2D eigenvalue weighted by molar-refractivity contribution is -0.307. The number of hydrogen-bond donors (Lipinski definition) is 3. The summed E-state index contributed by atoms with van der Waals surface area (Å²) >= 11 is 0. The van der Waals surface area contributed by atoms with Gasteiger partial charge in [-0.1, -0.05) is 5.57 Å². The molecule has 0 bridgehead atoms. The van der Waals surface area contributed by atoms with Gasteiger partial charge < -0.3 is 29.5 Å². The molecule has 1 saturated heterocycles. The monoisotopic (exact) mass is 328 g/mol. The molecule has 2 heterocycles. The van der Waals surface area contributed by atoms with Gasteiger partial charge >= 0.3 is 5.97 Å². The average Bonchev–Trinajstić information content (AvgIpc) is 2.50. The Hall–Kier alpha value is -0.990. The Morgan fingerprint density at radius 3 is 2.65 bits per heavy atom. The molecule has 7 heteroatoms. The number of rotatable bonds is 2. The second-order valence-corrected chi connectivity index (χ2v) is 6.72. The molecule has 1 aliphatic carbocycles. The van der Waals surface area contributed by atoms with Gasteiger partial charge in [-0.3, -0.25) is 0 Å². The lowest BCUT2D eigenvalue weighted by Gasteiger charge is -2.43. The van der Waals surface area contributed by atoms with Crippen LogP contribution >= 0.6 is 0 Å². The molecule has 0 spiro atoms. The molecule has 0 aromatic heterocycles. The minimum Gasteiger partial charge on any atom is -0.458 e. The predicted octanol–water partition coefficient (Wildman–Crippen LogP) is -0.129. The highest BCUT2D eigenvalue weighted by atomic mass is 16.7. The van der Waals surface area contributed by atoms with Crippen molar-refractivity contribution in [3.8, 4) is 0 Å². The first-order valence-electron chi connectivity index (χ1n) is 8.10. The van der Waals surface area contributed by atoms with E-state index in [4.69, 9.17) is 14.2 Å². The standard InChI is InChI=1S/C16H24O7/c1-7-5-12(17)23-11-6-9(3-4-10(7)11)22-16-15(20)14(19)13(18)8(2)21-16/h5,8-11,13-16,18-20H,3-4,6H2,1-2H3/t8-,9?,10?,11?,13+,14+,15-,16-/m0/s1. The summed E-state index contributed by atoms with van der Waals surface area (Å²) in [6, 6.07) is 0. The quantitative estimate of drug-likeness (QED) is 0.606. The van der Waals surface area contributed by atoms with E-state index in [1.165, 1.54) is 6.08 Å². The van der Waals surface area contributed by atoms with Gasteiger partial charge in [0.05, 0.1) is 12.2 Å². The molecule has 3 rings (SSSR count). The van der Waals surface area contributed by atoms with Crippen LogP contribution in [-0.2, 0) is 19.0 Å². The van der Waals surface area contributed by atoms with Crippen molar-refractivity contribution < 1.29 is 34.3 Å². The molecule has 3 aliphatic rings. The maximum absolute atomic E-state index is 11.5. The van der Waals surface area contributed by atoms with Gasteiger partial charge in [-0.2, -0.15) is 0 Å². The van der Waals surface area contributed by atoms with Gasteiger partial charge in [0.1, 0.15) is 24.4 Å². The van der Waals surface area contributed by atoms with Crippen LogP contribution in [0.3, 0.4) is 0 Å². The summed E-state index contributed by atoms with van der Waals surface area (Å²) < 4.78 is 16.6. The highest BCUT2D eigenvalue weighted by molar-refractivity contribution is 5.84. The first-order valence-corrected chi connectivity index (χ1v) is 8.10. The van der Waals surface area contributed by atoms with E-state index in [2.05, 4.69) is 0 Å². The molecule has 0 aromatic carbocycles. The molecule has 130 valence electrons. The van der Waals surface area contributed by atoms with Gasteiger partial charge in [0.2, 0.25) is 0 Å². The number of carbonyl (C=O) groups is 1. The van der Waals surface area contributed by atoms with Crippen molar-refractivity contribution in [1.29, 1.82) is 0 Å². The van der Waals surface area contributed by atoms with Crippen molar-refractivity contribution in [2.75, 3.05) is 0 Å². The van der Waals surface area contributed by atoms with Gasteiger partial charge in [0.15, 0.2) is 6.29 Å². The zero-order valence-electron chi connectivity index (χ0n) is 13.3. The Bertz CT molecular complexity index is 491. The molecule has 0 amide bonds. The highest BCUT2D eigenvalue weighted by Gasteiger charge is 2.45. The van der Waals surface area contributed by atoms with Crippen molar-refractivity contribution in [2.24, 2.45) is 5.92 Å². The van der Waals surface area contributed by atoms with Crippen molar-refractivity contribution in [1.82, 2.24) is 0 Å². The second kappa shape index (κ2) is 6.49. The third-order valence-electron chi connectivity index (χ3n) is 5.08. The molecule has 8 atom stereocenters. The molecule has 3 N–H and O–H groups in total. The van der Waals surface area contributed by atoms with E-state index in [1.807, 2.05) is 6.92 Å². The third-order valence-corrected chi connectivity index (χ3v) is 5.08. The minimum absolute atomic E-state index is 0.219. The Kier molecular flexibility index (Phi) is 4.75. The summed E-state index contributed by atoms with van der Waals surface area (Å²) in [5.74, 6) is -0.110. The number of fused-ring (bicyclic) bond motifs is 1. The van der Waals surface area contributed by atoms with E-state index in [0.717, 1.165) is 18.4 Å². The second-order valence-electron chi connectivity index (χ2n) is 6.72. The first-order chi connectivity index (χ1) is 10.9. The zero-order valence-corrected chi connectivity index (χ0v) is 13.3. The summed E-state index contributed by atoms with van der Waals surface area (Å²) in [5, 5.41) is 29.6. The summed E-state index contributed by atoms with van der Waals surface area (Å²) in [5.41, 5.74) is 1.03. The van der Waals surface area contributed by atoms with Crippen molar-refractivity contribution in [3.63, 3.8) is 0 Å². The first kappa shape index (κ1) is 16.9. The van der Waals surface area contributed by atoms with Crippen molar-refractivity contribution in [2.45, 2.75) is 76.0 Å². The van der Waals surface area contributed by atoms with Crippen LogP contribution in [0.25, 0.3) is 0 Å². The van der Waals surface area contributed by atoms with E-state index in [0.29, 0.717) is 6.42 Å². The lowest BCUT2D eigenvalue weighted by atomic mass is 9.79. The predicted molar refractivity (Wildman–Crippen MR) is 78.2 cm³/mol. The fourth-order valence-electron chi connectivity index (χ4n) is 3.66. The summed E-state index contributed by atoms with van der Waals surface area (Å²) in [6.07, 6.45) is -2.20. The normalized spacial score (nSPS) is 47.5. The fraction of sp³-hybridized carbons (Fsp3) is 0.812. The van der Waals surface area contributed by atoms with Crippen LogP contribution in [0.5, 0.6) is 0 Å². The molecule has 2 fully saturated rings. The lowest BCUT2D eigenvalue weighted by Crippen LogP contribution is -2.58. The number of aliphatic hydroxyl groups is 3. The van der Waals surface area contributed by atoms with E-state index in [1.54, 1.807) is 6.92 Å². The van der Waals surface area contributed by atoms with E-state index < -0.39 is 30.7 Å². The average molecular weight is 328 g/mol. The van der Waals surface area contributed by atoms with Gasteiger partial charge in [-0.25, -0.2) is 4.79 Å². The van der Waals surface area contributed by atoms with Crippen LogP contribution in [0.15, 0.2) is 11.6 Å². The van der Waals surface area contributed by atoms with E-state index >= 15 is 0 Å². The van der Waals surface area contributed by atoms with Gasteiger partial charge in [0.25, 0.3) is 0 Å². The maximum atomic E-state index is 11.5. The number of hydrogen-bond acceptors (Lipinski definition) is 7. The molecular weight excluding hydrogens is 304 g/mol. The van der Waals surface area contributed by atoms with E-state index in [9.17, 15) is 20.1 Å². The molecule has 3 unspecified atom stereocenters. The van der Waals surface area contributed by atoms with Gasteiger partial charge in [0, 0.05) is 18.4 Å². The SMILES string of the molecule is CC1=CC(=O)OC2CC(O[C@@H]3O[C@@H](C)[C@@H](O)[C@@H](O)[C@@H]3O)CCC12. The Morgan fingerprint density at radius 1 is 1.17 bits per heavy atom. The van der Waals surface area contributed by atoms with Crippen LogP contribution < -0.4 is 0 Å². The fourth-order valence-corrected chi connectivity index (χ4v) is 3.66. The molecule has 0 radical (unpaired) electrons. The Labute approximate surface area is 134 Å². The van der Waals surface area contributed by atoms with Crippen LogP contribution in [-0.4, -0.2) is 64.2 Å². The van der Waals surface area contributed by atoms with Crippen LogP contribution in [0.4, 0.5) is 0 Å². The van der Waals surface area contributed by atoms with Crippen molar-refractivity contribution >= 4 is 5.97 Å². The van der Waals surface area contributed by atoms with E-state index in [-0.39, 0.29) is 24.1 Å². The summed E-state index contributed by atoms with van der Waals surface area (Å²) in [6.45, 7) is 3.55. The van der Waals surface area contributed by atoms with Crippen LogP contribution in [0.2, 0.25) is 0 Å². The van der Waals surface area contributed by atoms with Crippen molar-refractivity contribution in [3.05, 3.63) is 11.6 Å². The van der Waals surface area contributed by atoms with Gasteiger partial charge in [-0.05, 0) is 26.7 Å². The zero-order chi connectivity index (χ0) is 16.7. The third kappa shape index (κ3) is 3.29. The Balaban J connectivity index is 1.61. The smallest absolute Gasteiger partial charge is 0.330 e. The number of aliphatic hydroxyl groups excluding tert-OH is 3. The number of ether oxygens (including phenoxy) is 3. The van der Waals surface area contributed by atoms with Crippen LogP contribution in [0.1, 0.15) is 33.1 Å². The molecule has 1 saturated carbocycles. The largest absolute Gasteiger partial charge is 0.458 e. The summed E-state index contributed by atoms with van der Waals surface area (Å²) in [7, 11) is 0. The molecule has 23 heavy (non-hydrogen) atoms. The maximum Gasteiger partial charge on any atom is 0.330 e. The molecular formula is C16H24O7. The number of esters is 1. The number of carbonyl (C=O) groups excluding carboxylic acids is 1. The highest BCUT2D eigenvalue weighted by Crippen LogP contribution is 2.37. The van der Waals surface area contributed by atoms with Crippen LogP contribution in [0, 0.1) is 5.92 Å². The summed E-state index contributed by atoms with van der Waals surface area (Å²) in [4.78, 5) is 11.5. The topological polar surface area (TPSA) is 105 Å². The minimum atomic E-state index is -1.31. The van der Waals surface area contributed by atoms with Gasteiger partial charge in [-0.15, -0.1) is 0 Å². The molecule has 0 aromatic rings. The molecule has 7 nitrogen and oxygen atoms in total.